The zero-order valence-electron chi connectivity index (χ0n) is 18.4. The summed E-state index contributed by atoms with van der Waals surface area (Å²) in [5.41, 5.74) is 2.61. The first-order chi connectivity index (χ1) is 15.4. The van der Waals surface area contributed by atoms with Crippen LogP contribution in [0.5, 0.6) is 0 Å². The summed E-state index contributed by atoms with van der Waals surface area (Å²) in [7, 11) is 0. The number of imidazole rings is 1. The summed E-state index contributed by atoms with van der Waals surface area (Å²) in [5, 5.41) is 6.23. The molecule has 1 aliphatic rings. The molecular formula is C23H27FN6O2. The Bertz CT molecular complexity index is 1090. The van der Waals surface area contributed by atoms with E-state index >= 15 is 0 Å². The molecule has 9 heteroatoms. The van der Waals surface area contributed by atoms with Crippen molar-refractivity contribution >= 4 is 11.9 Å². The van der Waals surface area contributed by atoms with Gasteiger partial charge in [-0.05, 0) is 56.9 Å². The molecule has 3 aromatic rings. The molecule has 1 aliphatic heterocycles. The molecule has 0 aliphatic carbocycles. The summed E-state index contributed by atoms with van der Waals surface area (Å²) in [6.07, 6.45) is 6.75. The van der Waals surface area contributed by atoms with Crippen LogP contribution in [0.25, 0.3) is 5.82 Å². The molecular weight excluding hydrogens is 411 g/mol. The Hall–Kier alpha value is -3.33. The van der Waals surface area contributed by atoms with Gasteiger partial charge in [-0.1, -0.05) is 6.07 Å². The zero-order valence-corrected chi connectivity index (χ0v) is 18.4. The van der Waals surface area contributed by atoms with E-state index in [-0.39, 0.29) is 29.5 Å². The Morgan fingerprint density at radius 3 is 2.75 bits per heavy atom. The number of nitrogens with zero attached hydrogens (tertiary/aromatic N) is 4. The zero-order chi connectivity index (χ0) is 22.7. The number of hydrogen-bond acceptors (Lipinski definition) is 6. The Labute approximate surface area is 186 Å². The number of carbonyl (C=O) groups is 1. The van der Waals surface area contributed by atoms with E-state index in [2.05, 4.69) is 25.6 Å². The van der Waals surface area contributed by atoms with Crippen LogP contribution in [-0.4, -0.2) is 44.7 Å². The van der Waals surface area contributed by atoms with Gasteiger partial charge in [0.25, 0.3) is 5.91 Å². The molecule has 1 saturated heterocycles. The minimum absolute atomic E-state index is 0.252. The summed E-state index contributed by atoms with van der Waals surface area (Å²) in [4.78, 5) is 26.0. The van der Waals surface area contributed by atoms with Crippen LogP contribution in [0.2, 0.25) is 0 Å². The number of anilines is 1. The molecule has 32 heavy (non-hydrogen) atoms. The molecule has 1 aromatic carbocycles. The lowest BCUT2D eigenvalue weighted by molar-refractivity contribution is 0.0903. The van der Waals surface area contributed by atoms with Gasteiger partial charge in [0, 0.05) is 37.2 Å². The Morgan fingerprint density at radius 1 is 1.22 bits per heavy atom. The first-order valence-electron chi connectivity index (χ1n) is 10.7. The highest BCUT2D eigenvalue weighted by molar-refractivity contribution is 5.92. The number of rotatable bonds is 6. The van der Waals surface area contributed by atoms with Gasteiger partial charge in [0.1, 0.15) is 23.7 Å². The Morgan fingerprint density at radius 2 is 2.00 bits per heavy atom. The van der Waals surface area contributed by atoms with Gasteiger partial charge in [-0.25, -0.2) is 14.4 Å². The minimum Gasteiger partial charge on any atom is -0.381 e. The van der Waals surface area contributed by atoms with Gasteiger partial charge in [0.2, 0.25) is 5.95 Å². The smallest absolute Gasteiger partial charge is 0.271 e. The molecule has 168 valence electrons. The van der Waals surface area contributed by atoms with Crippen molar-refractivity contribution in [2.75, 3.05) is 18.5 Å². The SMILES string of the molecule is Cc1cc(F)cc([C@@H](C)NC(=O)c2cn(-c3nc(NC4CCOCC4)ncc3C)cn2)c1. The summed E-state index contributed by atoms with van der Waals surface area (Å²) in [5.74, 6) is 0.516. The highest BCUT2D eigenvalue weighted by Crippen LogP contribution is 2.18. The van der Waals surface area contributed by atoms with Crippen molar-refractivity contribution in [3.8, 4) is 5.82 Å². The highest BCUT2D eigenvalue weighted by atomic mass is 19.1. The molecule has 0 radical (unpaired) electrons. The molecule has 1 atom stereocenters. The molecule has 3 heterocycles. The lowest BCUT2D eigenvalue weighted by Gasteiger charge is -2.23. The van der Waals surface area contributed by atoms with Crippen LogP contribution in [0, 0.1) is 19.7 Å². The van der Waals surface area contributed by atoms with E-state index < -0.39 is 0 Å². The topological polar surface area (TPSA) is 94.0 Å². The summed E-state index contributed by atoms with van der Waals surface area (Å²) >= 11 is 0. The molecule has 8 nitrogen and oxygen atoms in total. The van der Waals surface area contributed by atoms with Crippen molar-refractivity contribution < 1.29 is 13.9 Å². The second-order valence-electron chi connectivity index (χ2n) is 8.15. The summed E-state index contributed by atoms with van der Waals surface area (Å²) in [6.45, 7) is 6.99. The number of aryl methyl sites for hydroxylation is 2. The van der Waals surface area contributed by atoms with Gasteiger partial charge >= 0.3 is 0 Å². The highest BCUT2D eigenvalue weighted by Gasteiger charge is 2.18. The van der Waals surface area contributed by atoms with Crippen molar-refractivity contribution in [2.45, 2.75) is 45.7 Å². The second kappa shape index (κ2) is 9.44. The largest absolute Gasteiger partial charge is 0.381 e. The fourth-order valence-electron chi connectivity index (χ4n) is 3.71. The van der Waals surface area contributed by atoms with Crippen molar-refractivity contribution in [1.29, 1.82) is 0 Å². The van der Waals surface area contributed by atoms with Crippen LogP contribution in [0.1, 0.15) is 53.0 Å². The quantitative estimate of drug-likeness (QED) is 0.612. The van der Waals surface area contributed by atoms with E-state index in [0.717, 1.165) is 37.2 Å². The lowest BCUT2D eigenvalue weighted by Crippen LogP contribution is -2.28. The first kappa shape index (κ1) is 21.9. The number of aromatic nitrogens is 4. The minimum atomic E-state index is -0.363. The Balaban J connectivity index is 1.48. The predicted octanol–water partition coefficient (Wildman–Crippen LogP) is 3.50. The predicted molar refractivity (Wildman–Crippen MR) is 118 cm³/mol. The van der Waals surface area contributed by atoms with Crippen molar-refractivity contribution in [3.63, 3.8) is 0 Å². The number of carbonyl (C=O) groups excluding carboxylic acids is 1. The monoisotopic (exact) mass is 438 g/mol. The average Bonchev–Trinajstić information content (AvgIpc) is 3.25. The van der Waals surface area contributed by atoms with Gasteiger partial charge < -0.3 is 15.4 Å². The van der Waals surface area contributed by atoms with Gasteiger partial charge in [0.05, 0.1) is 6.04 Å². The number of ether oxygens (including phenoxy) is 1. The molecule has 1 amide bonds. The maximum absolute atomic E-state index is 13.7. The molecule has 0 unspecified atom stereocenters. The van der Waals surface area contributed by atoms with E-state index in [1.54, 1.807) is 23.3 Å². The number of hydrogen-bond donors (Lipinski definition) is 2. The third-order valence-corrected chi connectivity index (χ3v) is 5.47. The van der Waals surface area contributed by atoms with E-state index in [0.29, 0.717) is 17.3 Å². The van der Waals surface area contributed by atoms with E-state index in [1.807, 2.05) is 26.8 Å². The standard InChI is InChI=1S/C23H27FN6O2/c1-14-8-17(10-18(24)9-14)16(3)27-22(31)20-12-30(13-26-20)21-15(2)11-25-23(29-21)28-19-4-6-32-7-5-19/h8-13,16,19H,4-7H2,1-3H3,(H,27,31)(H,25,28,29)/t16-/m1/s1. The Kier molecular flexibility index (Phi) is 6.45. The van der Waals surface area contributed by atoms with E-state index in [4.69, 9.17) is 4.74 Å². The summed E-state index contributed by atoms with van der Waals surface area (Å²) in [6, 6.07) is 4.64. The molecule has 0 saturated carbocycles. The molecule has 1 fully saturated rings. The lowest BCUT2D eigenvalue weighted by atomic mass is 10.1. The number of nitrogens with one attached hydrogen (secondary N) is 2. The van der Waals surface area contributed by atoms with E-state index in [9.17, 15) is 9.18 Å². The van der Waals surface area contributed by atoms with Gasteiger partial charge in [-0.15, -0.1) is 0 Å². The fourth-order valence-corrected chi connectivity index (χ4v) is 3.71. The molecule has 0 spiro atoms. The third kappa shape index (κ3) is 5.11. The molecule has 0 bridgehead atoms. The number of benzene rings is 1. The molecule has 4 rings (SSSR count). The van der Waals surface area contributed by atoms with Gasteiger partial charge in [-0.2, -0.15) is 4.98 Å². The van der Waals surface area contributed by atoms with Crippen LogP contribution >= 0.6 is 0 Å². The normalized spacial score (nSPS) is 15.4. The number of amides is 1. The van der Waals surface area contributed by atoms with Crippen LogP contribution < -0.4 is 10.6 Å². The first-order valence-corrected chi connectivity index (χ1v) is 10.7. The van der Waals surface area contributed by atoms with Crippen LogP contribution in [0.3, 0.4) is 0 Å². The molecule has 2 N–H and O–H groups in total. The van der Waals surface area contributed by atoms with Crippen LogP contribution in [-0.2, 0) is 4.74 Å². The number of halogens is 1. The average molecular weight is 439 g/mol. The van der Waals surface area contributed by atoms with Crippen molar-refractivity contribution in [3.05, 3.63) is 65.1 Å². The molecule has 2 aromatic heterocycles. The fraction of sp³-hybridized carbons (Fsp3) is 0.391. The maximum Gasteiger partial charge on any atom is 0.271 e. The van der Waals surface area contributed by atoms with Gasteiger partial charge in [0.15, 0.2) is 0 Å². The third-order valence-electron chi connectivity index (χ3n) is 5.47. The van der Waals surface area contributed by atoms with Crippen LogP contribution in [0.15, 0.2) is 36.9 Å². The van der Waals surface area contributed by atoms with Gasteiger partial charge in [-0.3, -0.25) is 9.36 Å². The van der Waals surface area contributed by atoms with Crippen LogP contribution in [0.4, 0.5) is 10.3 Å². The summed E-state index contributed by atoms with van der Waals surface area (Å²) < 4.78 is 20.8. The van der Waals surface area contributed by atoms with E-state index in [1.165, 1.54) is 12.1 Å². The van der Waals surface area contributed by atoms with Crippen molar-refractivity contribution in [1.82, 2.24) is 24.8 Å². The maximum atomic E-state index is 13.7. The second-order valence-corrected chi connectivity index (χ2v) is 8.15. The van der Waals surface area contributed by atoms with Crippen molar-refractivity contribution in [2.24, 2.45) is 0 Å².